The van der Waals surface area contributed by atoms with E-state index in [0.717, 1.165) is 5.56 Å². The fraction of sp³-hybridized carbons (Fsp3) is 0.364. The Hall–Kier alpha value is -2.86. The van der Waals surface area contributed by atoms with Crippen molar-refractivity contribution < 1.29 is 19.4 Å². The monoisotopic (exact) mass is 380 g/mol. The summed E-state index contributed by atoms with van der Waals surface area (Å²) >= 11 is 0. The Morgan fingerprint density at radius 3 is 2.21 bits per heavy atom. The number of hydrogen-bond acceptors (Lipinski definition) is 4. The molecule has 146 valence electrons. The van der Waals surface area contributed by atoms with Gasteiger partial charge in [-0.2, -0.15) is 0 Å². The zero-order chi connectivity index (χ0) is 19.7. The summed E-state index contributed by atoms with van der Waals surface area (Å²) in [6.45, 7) is 1.29. The number of urea groups is 1. The lowest BCUT2D eigenvalue weighted by molar-refractivity contribution is 0.0328. The van der Waals surface area contributed by atoms with Gasteiger partial charge in [-0.3, -0.25) is 0 Å². The van der Waals surface area contributed by atoms with Crippen LogP contribution in [0.3, 0.4) is 0 Å². The number of methoxy groups -OCH3 is 1. The number of likely N-dealkylation sites (tertiary alicyclic amines) is 1. The van der Waals surface area contributed by atoms with E-state index in [0.29, 0.717) is 49.0 Å². The van der Waals surface area contributed by atoms with Gasteiger partial charge in [-0.25, -0.2) is 9.59 Å². The molecule has 4 rings (SSSR count). The second kappa shape index (κ2) is 7.28. The number of aliphatic hydroxyl groups is 1. The van der Waals surface area contributed by atoms with E-state index in [1.807, 2.05) is 35.2 Å². The van der Waals surface area contributed by atoms with E-state index in [4.69, 9.17) is 0 Å². The zero-order valence-corrected chi connectivity index (χ0v) is 15.8. The van der Waals surface area contributed by atoms with Crippen molar-refractivity contribution in [2.45, 2.75) is 18.4 Å². The molecule has 1 saturated carbocycles. The van der Waals surface area contributed by atoms with Crippen LogP contribution in [-0.2, 0) is 10.3 Å². The average Bonchev–Trinajstić information content (AvgIpc) is 3.24. The summed E-state index contributed by atoms with van der Waals surface area (Å²) in [6, 6.07) is 16.3. The predicted molar refractivity (Wildman–Crippen MR) is 105 cm³/mol. The number of benzene rings is 2. The highest BCUT2D eigenvalue weighted by Gasteiger charge is 2.49. The van der Waals surface area contributed by atoms with E-state index in [-0.39, 0.29) is 6.03 Å². The second-order valence-electron chi connectivity index (χ2n) is 7.73. The standard InChI is InChI=1S/C22H24N2O4/c1-28-20(25)15-7-9-19(10-8-15)23-21(26)24-13-16-11-22(27,12-17(16)14-24)18-5-3-2-4-6-18/h2-10,16-17,27H,11-14H2,1H3,(H,23,26). The molecule has 0 aromatic heterocycles. The van der Waals surface area contributed by atoms with E-state index in [1.165, 1.54) is 7.11 Å². The van der Waals surface area contributed by atoms with Gasteiger partial charge in [-0.1, -0.05) is 30.3 Å². The lowest BCUT2D eigenvalue weighted by Gasteiger charge is -2.26. The molecule has 6 nitrogen and oxygen atoms in total. The van der Waals surface area contributed by atoms with Gasteiger partial charge < -0.3 is 20.1 Å². The lowest BCUT2D eigenvalue weighted by atomic mass is 9.90. The van der Waals surface area contributed by atoms with Crippen molar-refractivity contribution in [3.05, 3.63) is 65.7 Å². The summed E-state index contributed by atoms with van der Waals surface area (Å²) in [5, 5.41) is 13.9. The number of fused-ring (bicyclic) bond motifs is 1. The van der Waals surface area contributed by atoms with E-state index < -0.39 is 11.6 Å². The van der Waals surface area contributed by atoms with Gasteiger partial charge in [0, 0.05) is 18.8 Å². The van der Waals surface area contributed by atoms with Gasteiger partial charge in [0.15, 0.2) is 0 Å². The van der Waals surface area contributed by atoms with Crippen LogP contribution in [0.5, 0.6) is 0 Å². The minimum Gasteiger partial charge on any atom is -0.465 e. The number of ether oxygens (including phenoxy) is 1. The number of rotatable bonds is 3. The second-order valence-corrected chi connectivity index (χ2v) is 7.73. The van der Waals surface area contributed by atoms with Gasteiger partial charge in [0.05, 0.1) is 18.3 Å². The van der Waals surface area contributed by atoms with E-state index in [9.17, 15) is 14.7 Å². The molecule has 1 saturated heterocycles. The number of anilines is 1. The van der Waals surface area contributed by atoms with Crippen molar-refractivity contribution in [3.63, 3.8) is 0 Å². The molecule has 2 aliphatic rings. The maximum absolute atomic E-state index is 12.6. The summed E-state index contributed by atoms with van der Waals surface area (Å²) < 4.78 is 4.67. The van der Waals surface area contributed by atoms with Gasteiger partial charge in [-0.05, 0) is 54.5 Å². The smallest absolute Gasteiger partial charge is 0.337 e. The summed E-state index contributed by atoms with van der Waals surface area (Å²) in [5.74, 6) is 0.200. The Kier molecular flexibility index (Phi) is 4.81. The summed E-state index contributed by atoms with van der Waals surface area (Å²) in [7, 11) is 1.33. The molecule has 2 atom stereocenters. The topological polar surface area (TPSA) is 78.9 Å². The van der Waals surface area contributed by atoms with Crippen molar-refractivity contribution in [1.29, 1.82) is 0 Å². The fourth-order valence-electron chi connectivity index (χ4n) is 4.51. The van der Waals surface area contributed by atoms with Crippen LogP contribution in [0.2, 0.25) is 0 Å². The van der Waals surface area contributed by atoms with Gasteiger partial charge in [0.2, 0.25) is 0 Å². The zero-order valence-electron chi connectivity index (χ0n) is 15.8. The number of nitrogens with zero attached hydrogens (tertiary/aromatic N) is 1. The minimum atomic E-state index is -0.789. The summed E-state index contributed by atoms with van der Waals surface area (Å²) in [4.78, 5) is 25.9. The van der Waals surface area contributed by atoms with Crippen LogP contribution in [0.25, 0.3) is 0 Å². The van der Waals surface area contributed by atoms with Crippen LogP contribution in [0, 0.1) is 11.8 Å². The lowest BCUT2D eigenvalue weighted by Crippen LogP contribution is -2.35. The first-order valence-corrected chi connectivity index (χ1v) is 9.51. The normalized spacial score (nSPS) is 26.0. The molecule has 2 N–H and O–H groups in total. The van der Waals surface area contributed by atoms with Crippen LogP contribution < -0.4 is 5.32 Å². The predicted octanol–water partition coefficient (Wildman–Crippen LogP) is 3.23. The molecular formula is C22H24N2O4. The molecule has 2 amide bonds. The Morgan fingerprint density at radius 1 is 1.04 bits per heavy atom. The quantitative estimate of drug-likeness (QED) is 0.802. The highest BCUT2D eigenvalue weighted by molar-refractivity contribution is 5.92. The van der Waals surface area contributed by atoms with Crippen molar-refractivity contribution in [2.75, 3.05) is 25.5 Å². The highest BCUT2D eigenvalue weighted by atomic mass is 16.5. The van der Waals surface area contributed by atoms with Crippen molar-refractivity contribution in [2.24, 2.45) is 11.8 Å². The molecular weight excluding hydrogens is 356 g/mol. The number of carbonyl (C=O) groups is 2. The molecule has 2 aromatic carbocycles. The van der Waals surface area contributed by atoms with Crippen LogP contribution in [0.15, 0.2) is 54.6 Å². The molecule has 1 aliphatic heterocycles. The Balaban J connectivity index is 1.36. The number of esters is 1. The maximum atomic E-state index is 12.6. The van der Waals surface area contributed by atoms with E-state index >= 15 is 0 Å². The van der Waals surface area contributed by atoms with Crippen LogP contribution in [0.4, 0.5) is 10.5 Å². The van der Waals surface area contributed by atoms with Crippen molar-refractivity contribution in [3.8, 4) is 0 Å². The van der Waals surface area contributed by atoms with Crippen molar-refractivity contribution >= 4 is 17.7 Å². The molecule has 1 heterocycles. The molecule has 0 radical (unpaired) electrons. The molecule has 2 fully saturated rings. The van der Waals surface area contributed by atoms with Crippen molar-refractivity contribution in [1.82, 2.24) is 4.90 Å². The van der Waals surface area contributed by atoms with Gasteiger partial charge in [-0.15, -0.1) is 0 Å². The molecule has 6 heteroatoms. The van der Waals surface area contributed by atoms with Crippen LogP contribution in [-0.4, -0.2) is 42.2 Å². The Labute approximate surface area is 164 Å². The van der Waals surface area contributed by atoms with Gasteiger partial charge in [0.1, 0.15) is 0 Å². The Morgan fingerprint density at radius 2 is 1.64 bits per heavy atom. The molecule has 2 unspecified atom stereocenters. The Bertz CT molecular complexity index is 852. The first-order valence-electron chi connectivity index (χ1n) is 9.51. The van der Waals surface area contributed by atoms with Gasteiger partial charge in [0.25, 0.3) is 0 Å². The van der Waals surface area contributed by atoms with Gasteiger partial charge >= 0.3 is 12.0 Å². The SMILES string of the molecule is COC(=O)c1ccc(NC(=O)N2CC3CC(O)(c4ccccc4)CC3C2)cc1. The minimum absolute atomic E-state index is 0.150. The first-order chi connectivity index (χ1) is 13.5. The molecule has 1 aliphatic carbocycles. The molecule has 0 bridgehead atoms. The number of amides is 2. The fourth-order valence-corrected chi connectivity index (χ4v) is 4.51. The molecule has 2 aromatic rings. The number of hydrogen-bond donors (Lipinski definition) is 2. The number of nitrogens with one attached hydrogen (secondary N) is 1. The maximum Gasteiger partial charge on any atom is 0.337 e. The van der Waals surface area contributed by atoms with E-state index in [1.54, 1.807) is 24.3 Å². The van der Waals surface area contributed by atoms with Crippen LogP contribution in [0.1, 0.15) is 28.8 Å². The van der Waals surface area contributed by atoms with Crippen LogP contribution >= 0.6 is 0 Å². The highest BCUT2D eigenvalue weighted by Crippen LogP contribution is 2.48. The molecule has 0 spiro atoms. The summed E-state index contributed by atoms with van der Waals surface area (Å²) in [5.41, 5.74) is 1.25. The third kappa shape index (κ3) is 3.47. The third-order valence-electron chi connectivity index (χ3n) is 5.93. The average molecular weight is 380 g/mol. The van der Waals surface area contributed by atoms with E-state index in [2.05, 4.69) is 10.1 Å². The first kappa shape index (κ1) is 18.5. The summed E-state index contributed by atoms with van der Waals surface area (Å²) in [6.07, 6.45) is 1.36. The number of carbonyl (C=O) groups excluding carboxylic acids is 2. The molecule has 28 heavy (non-hydrogen) atoms. The third-order valence-corrected chi connectivity index (χ3v) is 5.93. The largest absolute Gasteiger partial charge is 0.465 e.